The van der Waals surface area contributed by atoms with Gasteiger partial charge in [-0.25, -0.2) is 0 Å². The van der Waals surface area contributed by atoms with E-state index in [0.717, 1.165) is 23.6 Å². The number of aryl methyl sites for hydroxylation is 1. The fraction of sp³-hybridized carbons (Fsp3) is 0.438. The van der Waals surface area contributed by atoms with E-state index in [4.69, 9.17) is 5.73 Å². The zero-order valence-electron chi connectivity index (χ0n) is 11.5. The first-order valence-corrected chi connectivity index (χ1v) is 6.69. The monoisotopic (exact) mass is 256 g/mol. The van der Waals surface area contributed by atoms with Crippen LogP contribution in [0.3, 0.4) is 0 Å². The quantitative estimate of drug-likeness (QED) is 0.809. The molecule has 1 amide bonds. The molecule has 0 heterocycles. The number of hydrogen-bond donors (Lipinski definition) is 2. The predicted octanol–water partition coefficient (Wildman–Crippen LogP) is 1.69. The molecule has 3 nitrogen and oxygen atoms in total. The summed E-state index contributed by atoms with van der Waals surface area (Å²) in [4.78, 5) is 12.0. The van der Waals surface area contributed by atoms with Gasteiger partial charge in [0.1, 0.15) is 0 Å². The normalized spacial score (nSPS) is 20.4. The van der Waals surface area contributed by atoms with Crippen LogP contribution in [0.25, 0.3) is 0 Å². The van der Waals surface area contributed by atoms with Crippen LogP contribution in [0.4, 0.5) is 0 Å². The Bertz CT molecular complexity index is 539. The Balaban J connectivity index is 2.04. The highest BCUT2D eigenvalue weighted by atomic mass is 16.1. The zero-order chi connectivity index (χ0) is 13.8. The molecule has 100 valence electrons. The summed E-state index contributed by atoms with van der Waals surface area (Å²) in [6.45, 7) is 5.30. The van der Waals surface area contributed by atoms with Crippen LogP contribution >= 0.6 is 0 Å². The number of benzene rings is 1. The lowest BCUT2D eigenvalue weighted by Crippen LogP contribution is -2.26. The molecular formula is C16H20N2O. The fourth-order valence-electron chi connectivity index (χ4n) is 2.05. The smallest absolute Gasteiger partial charge is 0.251 e. The van der Waals surface area contributed by atoms with Crippen molar-refractivity contribution in [1.29, 1.82) is 0 Å². The Morgan fingerprint density at radius 1 is 1.53 bits per heavy atom. The second kappa shape index (κ2) is 5.90. The van der Waals surface area contributed by atoms with Crippen LogP contribution in [0.1, 0.15) is 34.8 Å². The van der Waals surface area contributed by atoms with E-state index in [9.17, 15) is 4.79 Å². The zero-order valence-corrected chi connectivity index (χ0v) is 11.5. The molecule has 0 radical (unpaired) electrons. The Morgan fingerprint density at radius 3 is 2.89 bits per heavy atom. The third kappa shape index (κ3) is 3.59. The molecule has 0 aromatic heterocycles. The minimum atomic E-state index is -0.0186. The molecular weight excluding hydrogens is 236 g/mol. The molecule has 1 saturated carbocycles. The third-order valence-electron chi connectivity index (χ3n) is 3.63. The summed E-state index contributed by atoms with van der Waals surface area (Å²) in [5.41, 5.74) is 7.98. The van der Waals surface area contributed by atoms with Crippen molar-refractivity contribution in [2.75, 3.05) is 13.1 Å². The van der Waals surface area contributed by atoms with Crippen molar-refractivity contribution >= 4 is 5.91 Å². The Kier molecular flexibility index (Phi) is 4.24. The Labute approximate surface area is 114 Å². The average Bonchev–Trinajstić information content (AvgIpc) is 3.11. The molecule has 19 heavy (non-hydrogen) atoms. The molecule has 1 aliphatic rings. The van der Waals surface area contributed by atoms with Crippen molar-refractivity contribution in [3.05, 3.63) is 34.9 Å². The number of nitrogens with two attached hydrogens (primary N) is 1. The highest BCUT2D eigenvalue weighted by molar-refractivity contribution is 5.94. The summed E-state index contributed by atoms with van der Waals surface area (Å²) < 4.78 is 0. The summed E-state index contributed by atoms with van der Waals surface area (Å²) in [5.74, 6) is 7.21. The van der Waals surface area contributed by atoms with Gasteiger partial charge in [-0.15, -0.1) is 0 Å². The summed E-state index contributed by atoms with van der Waals surface area (Å²) in [6.07, 6.45) is 1.22. The number of carbonyl (C=O) groups excluding carboxylic acids is 1. The van der Waals surface area contributed by atoms with Crippen molar-refractivity contribution in [3.8, 4) is 11.8 Å². The van der Waals surface area contributed by atoms with Crippen molar-refractivity contribution in [3.63, 3.8) is 0 Å². The van der Waals surface area contributed by atoms with Gasteiger partial charge in [-0.3, -0.25) is 4.79 Å². The van der Waals surface area contributed by atoms with Gasteiger partial charge >= 0.3 is 0 Å². The highest BCUT2D eigenvalue weighted by Gasteiger charge is 2.32. The van der Waals surface area contributed by atoms with Crippen molar-refractivity contribution in [1.82, 2.24) is 5.32 Å². The van der Waals surface area contributed by atoms with Gasteiger partial charge in [-0.2, -0.15) is 0 Å². The van der Waals surface area contributed by atoms with Gasteiger partial charge in [-0.05, 0) is 42.9 Å². The van der Waals surface area contributed by atoms with Crippen LogP contribution in [-0.4, -0.2) is 19.0 Å². The van der Waals surface area contributed by atoms with Gasteiger partial charge in [0.05, 0.1) is 6.54 Å². The van der Waals surface area contributed by atoms with Crippen LogP contribution in [-0.2, 0) is 0 Å². The van der Waals surface area contributed by atoms with E-state index in [1.165, 1.54) is 6.42 Å². The van der Waals surface area contributed by atoms with Crippen molar-refractivity contribution in [2.24, 2.45) is 17.6 Å². The highest BCUT2D eigenvalue weighted by Crippen LogP contribution is 2.36. The Morgan fingerprint density at radius 2 is 2.26 bits per heavy atom. The lowest BCUT2D eigenvalue weighted by molar-refractivity contribution is 0.0951. The molecule has 2 atom stereocenters. The molecule has 0 spiro atoms. The summed E-state index contributed by atoms with van der Waals surface area (Å²) in [6, 6.07) is 5.60. The topological polar surface area (TPSA) is 55.1 Å². The standard InChI is InChI=1S/C16H20N2O/c1-11-5-6-14(9-13(11)4-3-7-17)16(19)18-10-15-8-12(15)2/h5-6,9,12,15H,7-8,10,17H2,1-2H3,(H,18,19). The third-order valence-corrected chi connectivity index (χ3v) is 3.63. The first-order chi connectivity index (χ1) is 9.11. The first-order valence-electron chi connectivity index (χ1n) is 6.69. The van der Waals surface area contributed by atoms with Gasteiger partial charge in [0.15, 0.2) is 0 Å². The van der Waals surface area contributed by atoms with Gasteiger partial charge in [0.25, 0.3) is 5.91 Å². The SMILES string of the molecule is Cc1ccc(C(=O)NCC2CC2C)cc1C#CCN. The number of hydrogen-bond acceptors (Lipinski definition) is 2. The maximum absolute atomic E-state index is 12.0. The van der Waals surface area contributed by atoms with E-state index in [1.54, 1.807) is 0 Å². The molecule has 3 heteroatoms. The molecule has 0 aliphatic heterocycles. The first kappa shape index (κ1) is 13.6. The maximum atomic E-state index is 12.0. The van der Waals surface area contributed by atoms with E-state index >= 15 is 0 Å². The summed E-state index contributed by atoms with van der Waals surface area (Å²) in [7, 11) is 0. The predicted molar refractivity (Wildman–Crippen MR) is 76.7 cm³/mol. The average molecular weight is 256 g/mol. The minimum absolute atomic E-state index is 0.0186. The van der Waals surface area contributed by atoms with Crippen molar-refractivity contribution < 1.29 is 4.79 Å². The lowest BCUT2D eigenvalue weighted by atomic mass is 10.0. The molecule has 1 aromatic rings. The van der Waals surface area contributed by atoms with Gasteiger partial charge in [-0.1, -0.05) is 24.8 Å². The molecule has 2 unspecified atom stereocenters. The molecule has 0 bridgehead atoms. The van der Waals surface area contributed by atoms with Gasteiger partial charge in [0, 0.05) is 17.7 Å². The molecule has 1 aromatic carbocycles. The summed E-state index contributed by atoms with van der Waals surface area (Å²) in [5, 5.41) is 2.98. The largest absolute Gasteiger partial charge is 0.352 e. The molecule has 0 saturated heterocycles. The molecule has 3 N–H and O–H groups in total. The van der Waals surface area contributed by atoms with Crippen LogP contribution < -0.4 is 11.1 Å². The van der Waals surface area contributed by atoms with Crippen molar-refractivity contribution in [2.45, 2.75) is 20.3 Å². The number of carbonyl (C=O) groups is 1. The number of rotatable bonds is 3. The van der Waals surface area contributed by atoms with Gasteiger partial charge in [0.2, 0.25) is 0 Å². The van der Waals surface area contributed by atoms with E-state index in [1.807, 2.05) is 25.1 Å². The van der Waals surface area contributed by atoms with E-state index in [-0.39, 0.29) is 5.91 Å². The second-order valence-electron chi connectivity index (χ2n) is 5.22. The number of nitrogens with one attached hydrogen (secondary N) is 1. The maximum Gasteiger partial charge on any atom is 0.251 e. The van der Waals surface area contributed by atoms with Crippen LogP contribution in [0.2, 0.25) is 0 Å². The molecule has 2 rings (SSSR count). The Hall–Kier alpha value is -1.79. The van der Waals surface area contributed by atoms with Gasteiger partial charge < -0.3 is 11.1 Å². The van der Waals surface area contributed by atoms with Crippen LogP contribution in [0.15, 0.2) is 18.2 Å². The lowest BCUT2D eigenvalue weighted by Gasteiger charge is -2.06. The fourth-order valence-corrected chi connectivity index (χ4v) is 2.05. The van der Waals surface area contributed by atoms with Crippen LogP contribution in [0.5, 0.6) is 0 Å². The number of amides is 1. The molecule has 1 aliphatic carbocycles. The molecule has 1 fully saturated rings. The second-order valence-corrected chi connectivity index (χ2v) is 5.22. The summed E-state index contributed by atoms with van der Waals surface area (Å²) >= 11 is 0. The van der Waals surface area contributed by atoms with Crippen LogP contribution in [0, 0.1) is 30.6 Å². The van der Waals surface area contributed by atoms with E-state index < -0.39 is 0 Å². The minimum Gasteiger partial charge on any atom is -0.352 e. The van der Waals surface area contributed by atoms with E-state index in [2.05, 4.69) is 24.1 Å². The van der Waals surface area contributed by atoms with E-state index in [0.29, 0.717) is 18.0 Å².